The third-order valence-electron chi connectivity index (χ3n) is 3.83. The minimum Gasteiger partial charge on any atom is -0.468 e. The van der Waals surface area contributed by atoms with E-state index in [9.17, 15) is 4.79 Å². The van der Waals surface area contributed by atoms with Crippen molar-refractivity contribution in [1.82, 2.24) is 4.90 Å². The number of thioether (sulfide) groups is 1. The maximum absolute atomic E-state index is 12.4. The summed E-state index contributed by atoms with van der Waals surface area (Å²) in [6.45, 7) is 2.48. The molecule has 2 saturated heterocycles. The van der Waals surface area contributed by atoms with Gasteiger partial charge in [-0.1, -0.05) is 0 Å². The molecule has 0 saturated carbocycles. The highest BCUT2D eigenvalue weighted by atomic mass is 32.2. The zero-order chi connectivity index (χ0) is 13.1. The van der Waals surface area contributed by atoms with E-state index in [2.05, 4.69) is 4.90 Å². The number of hydrogen-bond acceptors (Lipinski definition) is 4. The zero-order valence-electron chi connectivity index (χ0n) is 10.9. The van der Waals surface area contributed by atoms with Gasteiger partial charge in [-0.05, 0) is 31.4 Å². The topological polar surface area (TPSA) is 42.7 Å². The van der Waals surface area contributed by atoms with Gasteiger partial charge in [0.15, 0.2) is 0 Å². The number of carbonyl (C=O) groups excluding carboxylic acids is 1. The van der Waals surface area contributed by atoms with Crippen LogP contribution in [0.25, 0.3) is 0 Å². The molecule has 1 aromatic rings. The van der Waals surface area contributed by atoms with Gasteiger partial charge < -0.3 is 14.1 Å². The average molecular weight is 281 g/mol. The molecule has 19 heavy (non-hydrogen) atoms. The van der Waals surface area contributed by atoms with Gasteiger partial charge in [0.1, 0.15) is 5.76 Å². The van der Waals surface area contributed by atoms with Gasteiger partial charge >= 0.3 is 0 Å². The van der Waals surface area contributed by atoms with E-state index < -0.39 is 0 Å². The van der Waals surface area contributed by atoms with Crippen LogP contribution in [0.2, 0.25) is 0 Å². The van der Waals surface area contributed by atoms with Crippen molar-refractivity contribution in [3.63, 3.8) is 0 Å². The number of amides is 1. The number of likely N-dealkylation sites (tertiary alicyclic amines) is 1. The van der Waals surface area contributed by atoms with Crippen molar-refractivity contribution >= 4 is 17.7 Å². The first kappa shape index (κ1) is 13.1. The Balaban J connectivity index is 1.53. The number of furan rings is 1. The minimum absolute atomic E-state index is 0.105. The molecular weight excluding hydrogens is 262 g/mol. The smallest absolute Gasteiger partial charge is 0.236 e. The summed E-state index contributed by atoms with van der Waals surface area (Å²) in [7, 11) is 0. The fraction of sp³-hybridized carbons (Fsp3) is 0.643. The van der Waals surface area contributed by atoms with E-state index in [1.807, 2.05) is 12.1 Å². The van der Waals surface area contributed by atoms with Crippen LogP contribution in [-0.2, 0) is 15.3 Å². The number of nitrogens with zero attached hydrogens (tertiary/aromatic N) is 1. The van der Waals surface area contributed by atoms with E-state index in [-0.39, 0.29) is 5.25 Å². The molecule has 0 bridgehead atoms. The molecule has 3 rings (SSSR count). The van der Waals surface area contributed by atoms with Gasteiger partial charge in [-0.3, -0.25) is 4.79 Å². The number of hydrogen-bond donors (Lipinski definition) is 0. The highest BCUT2D eigenvalue weighted by Crippen LogP contribution is 2.30. The molecule has 0 spiro atoms. The Labute approximate surface area is 117 Å². The lowest BCUT2D eigenvalue weighted by atomic mass is 10.1. The predicted octanol–water partition coefficient (Wildman–Crippen LogP) is 2.29. The molecule has 4 nitrogen and oxygen atoms in total. The zero-order valence-corrected chi connectivity index (χ0v) is 11.7. The van der Waals surface area contributed by atoms with E-state index in [4.69, 9.17) is 9.15 Å². The molecule has 1 aromatic heterocycles. The van der Waals surface area contributed by atoms with Gasteiger partial charge in [-0.15, -0.1) is 11.8 Å². The molecule has 2 aliphatic rings. The van der Waals surface area contributed by atoms with Crippen LogP contribution in [0.1, 0.15) is 25.0 Å². The first-order chi connectivity index (χ1) is 9.34. The largest absolute Gasteiger partial charge is 0.468 e. The number of carbonyl (C=O) groups is 1. The van der Waals surface area contributed by atoms with Crippen molar-refractivity contribution in [1.29, 1.82) is 0 Å². The Morgan fingerprint density at radius 2 is 2.16 bits per heavy atom. The summed E-state index contributed by atoms with van der Waals surface area (Å²) in [5.41, 5.74) is 0. The summed E-state index contributed by atoms with van der Waals surface area (Å²) in [4.78, 5) is 14.5. The quantitative estimate of drug-likeness (QED) is 0.849. The minimum atomic E-state index is 0.105. The van der Waals surface area contributed by atoms with E-state index in [0.717, 1.165) is 50.5 Å². The molecule has 2 fully saturated rings. The fourth-order valence-electron chi connectivity index (χ4n) is 2.77. The lowest BCUT2D eigenvalue weighted by molar-refractivity contribution is -0.130. The summed E-state index contributed by atoms with van der Waals surface area (Å²) in [6.07, 6.45) is 4.62. The van der Waals surface area contributed by atoms with Crippen LogP contribution in [0.15, 0.2) is 22.8 Å². The van der Waals surface area contributed by atoms with Crippen molar-refractivity contribution in [2.24, 2.45) is 0 Å². The first-order valence-electron chi connectivity index (χ1n) is 6.87. The van der Waals surface area contributed by atoms with Crippen LogP contribution in [-0.4, -0.2) is 41.9 Å². The van der Waals surface area contributed by atoms with Crippen LogP contribution in [0.4, 0.5) is 0 Å². The summed E-state index contributed by atoms with van der Waals surface area (Å²) < 4.78 is 10.7. The second-order valence-electron chi connectivity index (χ2n) is 5.04. The maximum atomic E-state index is 12.4. The molecule has 3 heterocycles. The molecular formula is C14H19NO3S. The summed E-state index contributed by atoms with van der Waals surface area (Å²) in [5, 5.41) is 0.105. The summed E-state index contributed by atoms with van der Waals surface area (Å²) >= 11 is 1.70. The molecule has 0 aliphatic carbocycles. The van der Waals surface area contributed by atoms with Crippen LogP contribution >= 0.6 is 11.8 Å². The molecule has 1 atom stereocenters. The van der Waals surface area contributed by atoms with Gasteiger partial charge in [0.2, 0.25) is 5.91 Å². The standard InChI is InChI=1S/C14H19NO3S/c16-14-13(19-10-12-2-1-7-18-12)3-6-15(14)11-4-8-17-9-5-11/h1-2,7,11,13H,3-6,8-10H2/t13-/m1/s1. The molecule has 0 aromatic carbocycles. The lowest BCUT2D eigenvalue weighted by Crippen LogP contribution is -2.41. The van der Waals surface area contributed by atoms with Gasteiger partial charge in [-0.25, -0.2) is 0 Å². The normalized spacial score (nSPS) is 25.2. The molecule has 5 heteroatoms. The molecule has 104 valence electrons. The van der Waals surface area contributed by atoms with E-state index in [0.29, 0.717) is 11.9 Å². The Hall–Kier alpha value is -0.940. The van der Waals surface area contributed by atoms with Gasteiger partial charge in [-0.2, -0.15) is 0 Å². The van der Waals surface area contributed by atoms with Crippen molar-refractivity contribution in [3.8, 4) is 0 Å². The van der Waals surface area contributed by atoms with E-state index >= 15 is 0 Å². The van der Waals surface area contributed by atoms with Crippen molar-refractivity contribution < 1.29 is 13.9 Å². The molecule has 0 radical (unpaired) electrons. The number of rotatable bonds is 4. The van der Waals surface area contributed by atoms with Crippen LogP contribution in [0.5, 0.6) is 0 Å². The molecule has 2 aliphatic heterocycles. The fourth-order valence-corrected chi connectivity index (χ4v) is 3.85. The predicted molar refractivity (Wildman–Crippen MR) is 74.0 cm³/mol. The molecule has 0 unspecified atom stereocenters. The van der Waals surface area contributed by atoms with Gasteiger partial charge in [0.25, 0.3) is 0 Å². The lowest BCUT2D eigenvalue weighted by Gasteiger charge is -2.31. The Bertz CT molecular complexity index is 414. The first-order valence-corrected chi connectivity index (χ1v) is 7.91. The third-order valence-corrected chi connectivity index (χ3v) is 5.12. The van der Waals surface area contributed by atoms with Crippen molar-refractivity contribution in [2.45, 2.75) is 36.3 Å². The van der Waals surface area contributed by atoms with E-state index in [1.54, 1.807) is 18.0 Å². The van der Waals surface area contributed by atoms with Crippen LogP contribution in [0, 0.1) is 0 Å². The van der Waals surface area contributed by atoms with Crippen molar-refractivity contribution in [3.05, 3.63) is 24.2 Å². The highest BCUT2D eigenvalue weighted by Gasteiger charge is 2.36. The Morgan fingerprint density at radius 3 is 2.89 bits per heavy atom. The summed E-state index contributed by atoms with van der Waals surface area (Å²) in [5.74, 6) is 2.04. The van der Waals surface area contributed by atoms with Gasteiger partial charge in [0.05, 0.1) is 17.3 Å². The molecule has 1 amide bonds. The second kappa shape index (κ2) is 6.01. The Morgan fingerprint density at radius 1 is 1.32 bits per heavy atom. The second-order valence-corrected chi connectivity index (χ2v) is 6.23. The average Bonchev–Trinajstić information content (AvgIpc) is 3.07. The SMILES string of the molecule is O=C1[C@H](SCc2ccco2)CCN1C1CCOCC1. The summed E-state index contributed by atoms with van der Waals surface area (Å²) in [6, 6.07) is 4.25. The highest BCUT2D eigenvalue weighted by molar-refractivity contribution is 7.99. The maximum Gasteiger partial charge on any atom is 0.236 e. The van der Waals surface area contributed by atoms with Gasteiger partial charge in [0, 0.05) is 25.8 Å². The van der Waals surface area contributed by atoms with Crippen molar-refractivity contribution in [2.75, 3.05) is 19.8 Å². The third kappa shape index (κ3) is 2.98. The van der Waals surface area contributed by atoms with E-state index in [1.165, 1.54) is 0 Å². The Kier molecular flexibility index (Phi) is 4.13. The number of ether oxygens (including phenoxy) is 1. The van der Waals surface area contributed by atoms with Crippen LogP contribution in [0.3, 0.4) is 0 Å². The monoisotopic (exact) mass is 281 g/mol. The van der Waals surface area contributed by atoms with Crippen LogP contribution < -0.4 is 0 Å². The molecule has 0 N–H and O–H groups in total.